The van der Waals surface area contributed by atoms with E-state index in [1.165, 1.54) is 6.33 Å². The Morgan fingerprint density at radius 2 is 1.61 bits per heavy atom. The fourth-order valence-electron chi connectivity index (χ4n) is 7.74. The molecule has 4 amide bonds. The lowest BCUT2D eigenvalue weighted by molar-refractivity contribution is -0.144. The summed E-state index contributed by atoms with van der Waals surface area (Å²) in [5.41, 5.74) is 1.23. The Bertz CT molecular complexity index is 1980. The van der Waals surface area contributed by atoms with Crippen LogP contribution in [0.1, 0.15) is 84.0 Å². The monoisotopic (exact) mass is 809 g/mol. The highest BCUT2D eigenvalue weighted by Gasteiger charge is 2.41. The minimum absolute atomic E-state index is 0.0369. The van der Waals surface area contributed by atoms with Crippen LogP contribution in [0.5, 0.6) is 5.75 Å². The van der Waals surface area contributed by atoms with Crippen molar-refractivity contribution >= 4 is 40.2 Å². The number of aromatic amines is 1. The van der Waals surface area contributed by atoms with E-state index in [0.29, 0.717) is 23.6 Å². The molecule has 0 spiro atoms. The molecule has 2 heterocycles. The van der Waals surface area contributed by atoms with E-state index in [2.05, 4.69) is 36.2 Å². The lowest BCUT2D eigenvalue weighted by atomic mass is 9.80. The first-order chi connectivity index (χ1) is 28.4. The van der Waals surface area contributed by atoms with Crippen molar-refractivity contribution in [3.63, 3.8) is 0 Å². The van der Waals surface area contributed by atoms with Gasteiger partial charge in [-0.2, -0.15) is 0 Å². The molecule has 1 saturated carbocycles. The highest BCUT2D eigenvalue weighted by Crippen LogP contribution is 2.29. The first-order valence-electron chi connectivity index (χ1n) is 20.8. The summed E-state index contributed by atoms with van der Waals surface area (Å²) in [7, 11) is 0. The molecule has 1 fully saturated rings. The summed E-state index contributed by atoms with van der Waals surface area (Å²) in [4.78, 5) is 80.8. The molecular formula is C45H59N7O7. The minimum Gasteiger partial charge on any atom is -0.483 e. The number of pyridine rings is 1. The average molecular weight is 810 g/mol. The summed E-state index contributed by atoms with van der Waals surface area (Å²) in [6.45, 7) is 7.01. The molecule has 6 atom stereocenters. The number of benzene rings is 2. The van der Waals surface area contributed by atoms with Crippen LogP contribution >= 0.6 is 0 Å². The maximum atomic E-state index is 14.4. The number of nitrogens with zero attached hydrogens (tertiary/aromatic N) is 2. The van der Waals surface area contributed by atoms with E-state index < -0.39 is 65.5 Å². The highest BCUT2D eigenvalue weighted by atomic mass is 16.5. The quantitative estimate of drug-likeness (QED) is 0.0697. The fourth-order valence-corrected chi connectivity index (χ4v) is 7.74. The van der Waals surface area contributed by atoms with Gasteiger partial charge in [0.2, 0.25) is 17.7 Å². The predicted octanol–water partition coefficient (Wildman–Crippen LogP) is 4.57. The SMILES string of the molecule is CC[C@H](C)[C@H](NC(=O)[C@H](C(C)C)[C@@H](O)C(=O)[C@H](CC1CCCCC1)NC(=O)[C@H](Cc1cnc[nH]1)NC(=O)COc1cccc2ccccc12)C(=O)NCc1ccccn1. The van der Waals surface area contributed by atoms with E-state index in [-0.39, 0.29) is 37.8 Å². The van der Waals surface area contributed by atoms with Gasteiger partial charge >= 0.3 is 0 Å². The number of nitrogens with one attached hydrogen (secondary N) is 5. The molecule has 2 aromatic carbocycles. The van der Waals surface area contributed by atoms with Gasteiger partial charge in [-0.25, -0.2) is 4.98 Å². The van der Waals surface area contributed by atoms with Crippen LogP contribution in [-0.2, 0) is 36.9 Å². The number of aliphatic hydroxyl groups is 1. The fraction of sp³-hybridized carbons (Fsp3) is 0.489. The summed E-state index contributed by atoms with van der Waals surface area (Å²) in [5.74, 6) is -4.32. The summed E-state index contributed by atoms with van der Waals surface area (Å²) >= 11 is 0. The van der Waals surface area contributed by atoms with E-state index in [9.17, 15) is 29.1 Å². The number of fused-ring (bicyclic) bond motifs is 1. The molecule has 0 bridgehead atoms. The van der Waals surface area contributed by atoms with E-state index in [4.69, 9.17) is 4.74 Å². The average Bonchev–Trinajstić information content (AvgIpc) is 3.76. The Kier molecular flexibility index (Phi) is 16.5. The Morgan fingerprint density at radius 1 is 0.864 bits per heavy atom. The van der Waals surface area contributed by atoms with Crippen molar-refractivity contribution in [1.29, 1.82) is 0 Å². The lowest BCUT2D eigenvalue weighted by Gasteiger charge is -2.32. The van der Waals surface area contributed by atoms with Gasteiger partial charge in [0, 0.05) is 29.9 Å². The number of Topliss-reactive ketones (excluding diaryl/α,β-unsaturated/α-hetero) is 1. The van der Waals surface area contributed by atoms with Crippen molar-refractivity contribution in [2.75, 3.05) is 6.61 Å². The van der Waals surface area contributed by atoms with E-state index in [1.54, 1.807) is 44.4 Å². The highest BCUT2D eigenvalue weighted by molar-refractivity contribution is 5.98. The summed E-state index contributed by atoms with van der Waals surface area (Å²) in [6.07, 6.45) is 8.46. The van der Waals surface area contributed by atoms with Crippen molar-refractivity contribution < 1.29 is 33.8 Å². The maximum Gasteiger partial charge on any atom is 0.258 e. The van der Waals surface area contributed by atoms with Gasteiger partial charge in [-0.1, -0.05) is 109 Å². The molecule has 1 aliphatic carbocycles. The number of aliphatic hydroxyl groups excluding tert-OH is 1. The molecule has 0 radical (unpaired) electrons. The third-order valence-corrected chi connectivity index (χ3v) is 11.3. The number of carbonyl (C=O) groups is 5. The summed E-state index contributed by atoms with van der Waals surface area (Å²) in [6, 6.07) is 15.3. The van der Waals surface area contributed by atoms with Crippen LogP contribution in [-0.4, -0.2) is 80.3 Å². The molecule has 0 saturated heterocycles. The Balaban J connectivity index is 1.32. The zero-order valence-corrected chi connectivity index (χ0v) is 34.5. The Labute approximate surface area is 346 Å². The number of H-pyrrole nitrogens is 1. The van der Waals surface area contributed by atoms with Crippen LogP contribution in [0.2, 0.25) is 0 Å². The predicted molar refractivity (Wildman–Crippen MR) is 224 cm³/mol. The van der Waals surface area contributed by atoms with Crippen molar-refractivity contribution in [1.82, 2.24) is 36.2 Å². The molecule has 2 aromatic heterocycles. The molecule has 4 aromatic rings. The number of imidazole rings is 1. The Hall–Kier alpha value is -5.63. The molecular weight excluding hydrogens is 751 g/mol. The van der Waals surface area contributed by atoms with Crippen molar-refractivity contribution in [2.24, 2.45) is 23.7 Å². The van der Waals surface area contributed by atoms with E-state index in [0.717, 1.165) is 42.9 Å². The number of aromatic nitrogens is 3. The second kappa shape index (κ2) is 21.9. The molecule has 59 heavy (non-hydrogen) atoms. The Morgan fingerprint density at radius 3 is 2.31 bits per heavy atom. The number of rotatable bonds is 21. The van der Waals surface area contributed by atoms with Gasteiger partial charge < -0.3 is 36.1 Å². The standard InChI is InChI=1S/C45H59N7O7/c1-5-29(4)40(45(58)48-25-32-18-11-12-21-47-32)52-44(57)39(28(2)3)42(55)41(54)35(22-30-14-7-6-8-15-30)51-43(56)36(23-33-24-46-27-49-33)50-38(53)26-59-37-20-13-17-31-16-9-10-19-34(31)37/h9-13,16-21,24,27-30,35-36,39-40,42,55H,5-8,14-15,22-23,25-26H2,1-4H3,(H,46,49)(H,48,58)(H,50,53)(H,51,56)(H,52,57)/t29-,35-,36-,39+,40-,42+/m0/s1. The van der Waals surface area contributed by atoms with Gasteiger partial charge in [-0.3, -0.25) is 29.0 Å². The smallest absolute Gasteiger partial charge is 0.258 e. The second-order valence-corrected chi connectivity index (χ2v) is 16.0. The lowest BCUT2D eigenvalue weighted by Crippen LogP contribution is -2.58. The molecule has 316 valence electrons. The van der Waals surface area contributed by atoms with Crippen molar-refractivity contribution in [3.05, 3.63) is 90.8 Å². The van der Waals surface area contributed by atoms with Gasteiger partial charge in [0.1, 0.15) is 23.9 Å². The van der Waals surface area contributed by atoms with E-state index in [1.807, 2.05) is 56.3 Å². The summed E-state index contributed by atoms with van der Waals surface area (Å²) < 4.78 is 5.90. The number of ether oxygens (including phenoxy) is 1. The first kappa shape index (κ1) is 44.5. The third kappa shape index (κ3) is 12.7. The van der Waals surface area contributed by atoms with Crippen LogP contribution in [0.4, 0.5) is 0 Å². The van der Waals surface area contributed by atoms with Gasteiger partial charge in [-0.05, 0) is 47.8 Å². The second-order valence-electron chi connectivity index (χ2n) is 16.0. The maximum absolute atomic E-state index is 14.4. The molecule has 6 N–H and O–H groups in total. The largest absolute Gasteiger partial charge is 0.483 e. The van der Waals surface area contributed by atoms with Crippen LogP contribution in [0, 0.1) is 23.7 Å². The number of amides is 4. The van der Waals surface area contributed by atoms with Crippen LogP contribution < -0.4 is 26.0 Å². The van der Waals surface area contributed by atoms with Gasteiger partial charge in [0.05, 0.1) is 30.5 Å². The van der Waals surface area contributed by atoms with Crippen LogP contribution in [0.25, 0.3) is 10.8 Å². The number of hydrogen-bond donors (Lipinski definition) is 6. The normalized spacial score (nSPS) is 16.2. The molecule has 14 heteroatoms. The van der Waals surface area contributed by atoms with E-state index >= 15 is 0 Å². The zero-order chi connectivity index (χ0) is 42.3. The van der Waals surface area contributed by atoms with Gasteiger partial charge in [0.25, 0.3) is 5.91 Å². The number of carbonyl (C=O) groups excluding carboxylic acids is 5. The number of hydrogen-bond acceptors (Lipinski definition) is 9. The van der Waals surface area contributed by atoms with Crippen molar-refractivity contribution in [2.45, 2.75) is 110 Å². The van der Waals surface area contributed by atoms with Crippen LogP contribution in [0.3, 0.4) is 0 Å². The molecule has 0 aliphatic heterocycles. The first-order valence-corrected chi connectivity index (χ1v) is 20.8. The van der Waals surface area contributed by atoms with Crippen LogP contribution in [0.15, 0.2) is 79.4 Å². The zero-order valence-electron chi connectivity index (χ0n) is 34.5. The van der Waals surface area contributed by atoms with Gasteiger partial charge in [-0.15, -0.1) is 0 Å². The molecule has 1 aliphatic rings. The summed E-state index contributed by atoms with van der Waals surface area (Å²) in [5, 5.41) is 24.9. The third-order valence-electron chi connectivity index (χ3n) is 11.3. The van der Waals surface area contributed by atoms with Gasteiger partial charge in [0.15, 0.2) is 12.4 Å². The topological polar surface area (TPSA) is 204 Å². The van der Waals surface area contributed by atoms with Crippen molar-refractivity contribution in [3.8, 4) is 5.75 Å². The minimum atomic E-state index is -1.80. The molecule has 14 nitrogen and oxygen atoms in total. The number of ketones is 1. The molecule has 0 unspecified atom stereocenters. The molecule has 5 rings (SSSR count).